The normalized spacial score (nSPS) is 10.9. The number of pyridine rings is 1. The summed E-state index contributed by atoms with van der Waals surface area (Å²) in [6, 6.07) is 4.46. The van der Waals surface area contributed by atoms with Crippen molar-refractivity contribution in [1.82, 2.24) is 4.98 Å². The number of hydrogen-bond donors (Lipinski definition) is 2. The first-order valence-electron chi connectivity index (χ1n) is 6.41. The Hall–Kier alpha value is -2.61. The van der Waals surface area contributed by atoms with Crippen molar-refractivity contribution >= 4 is 40.1 Å². The fourth-order valence-corrected chi connectivity index (χ4v) is 2.54. The molecule has 0 saturated heterocycles. The molecule has 0 unspecified atom stereocenters. The third-order valence-electron chi connectivity index (χ3n) is 3.18. The molecule has 0 saturated carbocycles. The average molecular weight is 336 g/mol. The summed E-state index contributed by atoms with van der Waals surface area (Å²) in [6.07, 6.45) is 3.97. The minimum atomic E-state index is -1.40. The number of nitrogens with one attached hydrogen (secondary N) is 1. The van der Waals surface area contributed by atoms with Gasteiger partial charge in [0.1, 0.15) is 11.5 Å². The number of aromatic carboxylic acids is 1. The van der Waals surface area contributed by atoms with Gasteiger partial charge >= 0.3 is 5.97 Å². The zero-order chi connectivity index (χ0) is 16.6. The average Bonchev–Trinajstić information content (AvgIpc) is 2.90. The Kier molecular flexibility index (Phi) is 3.91. The van der Waals surface area contributed by atoms with E-state index in [4.69, 9.17) is 4.42 Å². The second-order valence-corrected chi connectivity index (χ2v) is 5.46. The molecule has 0 spiro atoms. The number of thioether (sulfide) groups is 1. The molecule has 0 fully saturated rings. The molecule has 2 N–H and O–H groups in total. The first kappa shape index (κ1) is 15.3. The van der Waals surface area contributed by atoms with Gasteiger partial charge in [0.2, 0.25) is 5.76 Å². The van der Waals surface area contributed by atoms with E-state index < -0.39 is 23.4 Å². The van der Waals surface area contributed by atoms with Gasteiger partial charge in [-0.1, -0.05) is 0 Å². The van der Waals surface area contributed by atoms with E-state index in [9.17, 15) is 18.7 Å². The minimum Gasteiger partial charge on any atom is -0.475 e. The van der Waals surface area contributed by atoms with Crippen LogP contribution < -0.4 is 5.32 Å². The third kappa shape index (κ3) is 2.72. The Morgan fingerprint density at radius 3 is 2.74 bits per heavy atom. The summed E-state index contributed by atoms with van der Waals surface area (Å²) in [6.45, 7) is 0. The summed E-state index contributed by atoms with van der Waals surface area (Å²) in [7, 11) is 0. The molecule has 0 radical (unpaired) electrons. The fraction of sp³-hybridized carbons (Fsp3) is 0.0667. The molecule has 0 atom stereocenters. The van der Waals surface area contributed by atoms with E-state index in [1.807, 2.05) is 6.26 Å². The maximum Gasteiger partial charge on any atom is 0.374 e. The molecule has 3 rings (SSSR count). The number of hydrogen-bond acceptors (Lipinski definition) is 5. The zero-order valence-corrected chi connectivity index (χ0v) is 12.6. The predicted octanol–water partition coefficient (Wildman–Crippen LogP) is 4.27. The van der Waals surface area contributed by atoms with Gasteiger partial charge in [-0.3, -0.25) is 4.98 Å². The quantitative estimate of drug-likeness (QED) is 0.693. The van der Waals surface area contributed by atoms with Crippen LogP contribution in [0.5, 0.6) is 0 Å². The molecule has 23 heavy (non-hydrogen) atoms. The van der Waals surface area contributed by atoms with Gasteiger partial charge in [0, 0.05) is 11.1 Å². The second kappa shape index (κ2) is 5.88. The first-order valence-corrected chi connectivity index (χ1v) is 7.63. The highest BCUT2D eigenvalue weighted by Crippen LogP contribution is 2.35. The van der Waals surface area contributed by atoms with E-state index in [-0.39, 0.29) is 22.3 Å². The Bertz CT molecular complexity index is 911. The maximum absolute atomic E-state index is 14.1. The van der Waals surface area contributed by atoms with Crippen LogP contribution in [0.4, 0.5) is 20.2 Å². The standard InChI is InChI=1S/C15H10F2N2O3S/c1-23-7-2-3-11(9(16)4-7)19-12-8-5-18-6-10(17)13(8)22-14(12)15(20)21/h2-6,19H,1H3,(H,20,21). The predicted molar refractivity (Wildman–Crippen MR) is 82.4 cm³/mol. The van der Waals surface area contributed by atoms with Crippen molar-refractivity contribution in [2.75, 3.05) is 11.6 Å². The van der Waals surface area contributed by atoms with Crippen LogP contribution >= 0.6 is 11.8 Å². The van der Waals surface area contributed by atoms with E-state index in [0.717, 1.165) is 11.1 Å². The van der Waals surface area contributed by atoms with Gasteiger partial charge in [0.05, 0.1) is 17.3 Å². The smallest absolute Gasteiger partial charge is 0.374 e. The lowest BCUT2D eigenvalue weighted by Crippen LogP contribution is -2.01. The molecule has 0 aliphatic carbocycles. The van der Waals surface area contributed by atoms with Gasteiger partial charge in [-0.15, -0.1) is 11.8 Å². The molecular weight excluding hydrogens is 326 g/mol. The Labute approximate surface area is 133 Å². The van der Waals surface area contributed by atoms with Crippen LogP contribution in [-0.2, 0) is 0 Å². The number of halogens is 2. The molecule has 1 aromatic carbocycles. The van der Waals surface area contributed by atoms with Crippen molar-refractivity contribution in [3.8, 4) is 0 Å². The lowest BCUT2D eigenvalue weighted by molar-refractivity contribution is 0.0666. The van der Waals surface area contributed by atoms with Gasteiger partial charge in [-0.25, -0.2) is 13.6 Å². The van der Waals surface area contributed by atoms with Gasteiger partial charge in [-0.05, 0) is 24.5 Å². The SMILES string of the molecule is CSc1ccc(Nc2c(C(=O)O)oc3c(F)cncc23)c(F)c1. The van der Waals surface area contributed by atoms with E-state index in [1.54, 1.807) is 6.07 Å². The number of aromatic nitrogens is 1. The zero-order valence-electron chi connectivity index (χ0n) is 11.8. The van der Waals surface area contributed by atoms with Gasteiger partial charge in [0.15, 0.2) is 11.4 Å². The monoisotopic (exact) mass is 336 g/mol. The summed E-state index contributed by atoms with van der Waals surface area (Å²) >= 11 is 1.37. The molecule has 0 bridgehead atoms. The lowest BCUT2D eigenvalue weighted by Gasteiger charge is -2.08. The van der Waals surface area contributed by atoms with Gasteiger partial charge in [0.25, 0.3) is 0 Å². The Morgan fingerprint density at radius 2 is 2.09 bits per heavy atom. The van der Waals surface area contributed by atoms with Crippen molar-refractivity contribution in [2.45, 2.75) is 4.90 Å². The highest BCUT2D eigenvalue weighted by atomic mass is 32.2. The van der Waals surface area contributed by atoms with Gasteiger partial charge < -0.3 is 14.8 Å². The number of nitrogens with zero attached hydrogens (tertiary/aromatic N) is 1. The molecule has 2 aromatic heterocycles. The summed E-state index contributed by atoms with van der Waals surface area (Å²) in [5, 5.41) is 12.0. The molecule has 8 heteroatoms. The van der Waals surface area contributed by atoms with Crippen LogP contribution in [0.1, 0.15) is 10.6 Å². The van der Waals surface area contributed by atoms with E-state index in [1.165, 1.54) is 30.1 Å². The molecule has 0 amide bonds. The van der Waals surface area contributed by atoms with Crippen molar-refractivity contribution in [1.29, 1.82) is 0 Å². The summed E-state index contributed by atoms with van der Waals surface area (Å²) in [5.74, 6) is -3.27. The molecule has 2 heterocycles. The third-order valence-corrected chi connectivity index (χ3v) is 3.91. The fourth-order valence-electron chi connectivity index (χ4n) is 2.11. The molecule has 5 nitrogen and oxygen atoms in total. The number of anilines is 2. The largest absolute Gasteiger partial charge is 0.475 e. The van der Waals surface area contributed by atoms with Crippen molar-refractivity contribution in [2.24, 2.45) is 0 Å². The number of carboxylic acid groups (broad SMARTS) is 1. The lowest BCUT2D eigenvalue weighted by atomic mass is 10.2. The molecule has 3 aromatic rings. The highest BCUT2D eigenvalue weighted by molar-refractivity contribution is 7.98. The number of carbonyl (C=O) groups is 1. The summed E-state index contributed by atoms with van der Waals surface area (Å²) < 4.78 is 32.8. The maximum atomic E-state index is 14.1. The van der Waals surface area contributed by atoms with Crippen LogP contribution in [-0.4, -0.2) is 22.3 Å². The highest BCUT2D eigenvalue weighted by Gasteiger charge is 2.23. The minimum absolute atomic E-state index is 0.0460. The van der Waals surface area contributed by atoms with E-state index in [2.05, 4.69) is 10.3 Å². The number of benzene rings is 1. The van der Waals surface area contributed by atoms with Crippen LogP contribution in [0, 0.1) is 11.6 Å². The van der Waals surface area contributed by atoms with Crippen molar-refractivity contribution < 1.29 is 23.1 Å². The number of fused-ring (bicyclic) bond motifs is 1. The van der Waals surface area contributed by atoms with Crippen molar-refractivity contribution in [3.63, 3.8) is 0 Å². The molecule has 0 aliphatic heterocycles. The van der Waals surface area contributed by atoms with Crippen LogP contribution in [0.2, 0.25) is 0 Å². The van der Waals surface area contributed by atoms with Crippen LogP contribution in [0.25, 0.3) is 11.0 Å². The summed E-state index contributed by atoms with van der Waals surface area (Å²) in [4.78, 5) is 15.7. The number of furan rings is 1. The topological polar surface area (TPSA) is 75.4 Å². The van der Waals surface area contributed by atoms with E-state index in [0.29, 0.717) is 0 Å². The second-order valence-electron chi connectivity index (χ2n) is 4.58. The molecule has 0 aliphatic rings. The Balaban J connectivity index is 2.14. The van der Waals surface area contributed by atoms with E-state index >= 15 is 0 Å². The first-order chi connectivity index (χ1) is 11.0. The molecular formula is C15H10F2N2O3S. The number of carboxylic acids is 1. The number of rotatable bonds is 4. The van der Waals surface area contributed by atoms with Crippen LogP contribution in [0.3, 0.4) is 0 Å². The molecule has 118 valence electrons. The van der Waals surface area contributed by atoms with Gasteiger partial charge in [-0.2, -0.15) is 0 Å². The van der Waals surface area contributed by atoms with Crippen molar-refractivity contribution in [3.05, 3.63) is 48.0 Å². The Morgan fingerprint density at radius 1 is 1.30 bits per heavy atom. The summed E-state index contributed by atoms with van der Waals surface area (Å²) in [5.41, 5.74) is -0.242. The van der Waals surface area contributed by atoms with Crippen LogP contribution in [0.15, 0.2) is 39.9 Å².